The van der Waals surface area contributed by atoms with Crippen LogP contribution >= 0.6 is 0 Å². The Morgan fingerprint density at radius 3 is 2.87 bits per heavy atom. The van der Waals surface area contributed by atoms with Crippen LogP contribution in [-0.4, -0.2) is 68.4 Å². The van der Waals surface area contributed by atoms with E-state index in [0.29, 0.717) is 5.78 Å². The lowest BCUT2D eigenvalue weighted by Crippen LogP contribution is -2.49. The van der Waals surface area contributed by atoms with E-state index >= 15 is 0 Å². The number of aryl methyl sites for hydroxylation is 1. The number of rotatable bonds is 6. The number of allylic oxidation sites excluding steroid dienone is 1. The topological polar surface area (TPSA) is 69.8 Å². The molecule has 0 amide bonds. The second-order valence-electron chi connectivity index (χ2n) is 6.04. The third-order valence-electron chi connectivity index (χ3n) is 4.23. The van der Waals surface area contributed by atoms with Crippen molar-refractivity contribution in [1.82, 2.24) is 24.5 Å². The van der Waals surface area contributed by atoms with Gasteiger partial charge in [-0.3, -0.25) is 4.90 Å². The maximum Gasteiger partial charge on any atom is 0.254 e. The number of hydrogen-bond donors (Lipinski definition) is 1. The number of piperazine rings is 1. The summed E-state index contributed by atoms with van der Waals surface area (Å²) in [5.41, 5.74) is 0.947. The van der Waals surface area contributed by atoms with Gasteiger partial charge in [0.25, 0.3) is 5.78 Å². The highest BCUT2D eigenvalue weighted by Crippen LogP contribution is 2.18. The number of aliphatic hydroxyl groups is 1. The molecule has 1 aliphatic rings. The number of nitrogens with zero attached hydrogens (tertiary/aromatic N) is 6. The van der Waals surface area contributed by atoms with Gasteiger partial charge in [-0.1, -0.05) is 6.08 Å². The van der Waals surface area contributed by atoms with Gasteiger partial charge in [0.15, 0.2) is 0 Å². The smallest absolute Gasteiger partial charge is 0.254 e. The highest BCUT2D eigenvalue weighted by molar-refractivity contribution is 5.47. The van der Waals surface area contributed by atoms with Crippen LogP contribution < -0.4 is 4.90 Å². The number of aromatic nitrogens is 4. The summed E-state index contributed by atoms with van der Waals surface area (Å²) in [5.74, 6) is 1.68. The van der Waals surface area contributed by atoms with Crippen LogP contribution in [-0.2, 0) is 0 Å². The average Bonchev–Trinajstić information content (AvgIpc) is 3.01. The first-order valence-corrected chi connectivity index (χ1v) is 8.11. The molecule has 1 N–H and O–H groups in total. The third-order valence-corrected chi connectivity index (χ3v) is 4.23. The van der Waals surface area contributed by atoms with Gasteiger partial charge in [-0.2, -0.15) is 14.6 Å². The molecule has 124 valence electrons. The van der Waals surface area contributed by atoms with Gasteiger partial charge in [0, 0.05) is 44.5 Å². The van der Waals surface area contributed by atoms with E-state index in [1.165, 1.54) is 6.33 Å². The van der Waals surface area contributed by atoms with Crippen molar-refractivity contribution in [2.45, 2.75) is 25.9 Å². The molecule has 0 aromatic carbocycles. The molecule has 0 saturated carbocycles. The van der Waals surface area contributed by atoms with E-state index in [4.69, 9.17) is 0 Å². The third kappa shape index (κ3) is 3.68. The van der Waals surface area contributed by atoms with Gasteiger partial charge in [0.1, 0.15) is 12.1 Å². The Balaban J connectivity index is 1.62. The molecule has 1 aliphatic heterocycles. The summed E-state index contributed by atoms with van der Waals surface area (Å²) >= 11 is 0. The Hall–Kier alpha value is -1.99. The average molecular weight is 316 g/mol. The fourth-order valence-corrected chi connectivity index (χ4v) is 3.00. The molecule has 0 aliphatic carbocycles. The Kier molecular flexibility index (Phi) is 4.88. The van der Waals surface area contributed by atoms with Gasteiger partial charge in [-0.25, -0.2) is 4.98 Å². The molecule has 1 atom stereocenters. The minimum atomic E-state index is -0.273. The standard InChI is InChI=1S/C16H24N6O/c1-3-4-5-14(23)11-20-6-8-21(9-7-20)15-10-13(2)19-16-17-12-18-22(15)16/h3,10,12,14,23H,1,4-9,11H2,2H3. The maximum atomic E-state index is 10.0. The molecule has 0 bridgehead atoms. The van der Waals surface area contributed by atoms with Crippen molar-refractivity contribution in [3.8, 4) is 0 Å². The fraction of sp³-hybridized carbons (Fsp3) is 0.562. The zero-order valence-corrected chi connectivity index (χ0v) is 13.6. The van der Waals surface area contributed by atoms with Crippen LogP contribution in [0.5, 0.6) is 0 Å². The van der Waals surface area contributed by atoms with Crippen LogP contribution in [0.25, 0.3) is 5.78 Å². The van der Waals surface area contributed by atoms with Gasteiger partial charge in [-0.15, -0.1) is 6.58 Å². The molecular formula is C16H24N6O. The molecule has 1 unspecified atom stereocenters. The van der Waals surface area contributed by atoms with Crippen molar-refractivity contribution < 1.29 is 5.11 Å². The first kappa shape index (κ1) is 15.9. The maximum absolute atomic E-state index is 10.0. The van der Waals surface area contributed by atoms with Gasteiger partial charge < -0.3 is 10.0 Å². The van der Waals surface area contributed by atoms with Crippen molar-refractivity contribution in [1.29, 1.82) is 0 Å². The van der Waals surface area contributed by atoms with Gasteiger partial charge >= 0.3 is 0 Å². The predicted octanol–water partition coefficient (Wildman–Crippen LogP) is 0.882. The zero-order valence-electron chi connectivity index (χ0n) is 13.6. The molecule has 2 aromatic heterocycles. The summed E-state index contributed by atoms with van der Waals surface area (Å²) in [6.07, 6.45) is 4.77. The van der Waals surface area contributed by atoms with Crippen molar-refractivity contribution in [3.63, 3.8) is 0 Å². The summed E-state index contributed by atoms with van der Waals surface area (Å²) in [7, 11) is 0. The van der Waals surface area contributed by atoms with Crippen molar-refractivity contribution in [3.05, 3.63) is 30.7 Å². The van der Waals surface area contributed by atoms with E-state index in [-0.39, 0.29) is 6.10 Å². The van der Waals surface area contributed by atoms with Crippen molar-refractivity contribution in [2.75, 3.05) is 37.6 Å². The van der Waals surface area contributed by atoms with E-state index in [0.717, 1.165) is 57.1 Å². The Bertz CT molecular complexity index is 662. The van der Waals surface area contributed by atoms with E-state index in [2.05, 4.69) is 37.5 Å². The van der Waals surface area contributed by atoms with E-state index in [1.807, 2.05) is 13.0 Å². The van der Waals surface area contributed by atoms with Crippen LogP contribution in [0.3, 0.4) is 0 Å². The normalized spacial score (nSPS) is 17.6. The summed E-state index contributed by atoms with van der Waals surface area (Å²) < 4.78 is 1.79. The molecule has 3 rings (SSSR count). The first-order chi connectivity index (χ1) is 11.2. The SMILES string of the molecule is C=CCCC(O)CN1CCN(c2cc(C)nc3ncnn23)CC1. The van der Waals surface area contributed by atoms with Crippen LogP contribution in [0, 0.1) is 6.92 Å². The van der Waals surface area contributed by atoms with Crippen molar-refractivity contribution in [2.24, 2.45) is 0 Å². The monoisotopic (exact) mass is 316 g/mol. The Labute approximate surface area is 136 Å². The summed E-state index contributed by atoms with van der Waals surface area (Å²) in [6.45, 7) is 10.1. The van der Waals surface area contributed by atoms with Gasteiger partial charge in [0.2, 0.25) is 0 Å². The second kappa shape index (κ2) is 7.06. The number of hydrogen-bond acceptors (Lipinski definition) is 6. The molecule has 3 heterocycles. The summed E-state index contributed by atoms with van der Waals surface area (Å²) in [5, 5.41) is 14.3. The zero-order chi connectivity index (χ0) is 16.2. The van der Waals surface area contributed by atoms with E-state index in [1.54, 1.807) is 4.52 Å². The van der Waals surface area contributed by atoms with E-state index < -0.39 is 0 Å². The second-order valence-corrected chi connectivity index (χ2v) is 6.04. The van der Waals surface area contributed by atoms with Gasteiger partial charge in [-0.05, 0) is 19.8 Å². The molecule has 23 heavy (non-hydrogen) atoms. The minimum absolute atomic E-state index is 0.273. The summed E-state index contributed by atoms with van der Waals surface area (Å²) in [6, 6.07) is 2.05. The summed E-state index contributed by atoms with van der Waals surface area (Å²) in [4.78, 5) is 13.2. The highest BCUT2D eigenvalue weighted by atomic mass is 16.3. The quantitative estimate of drug-likeness (QED) is 0.798. The molecule has 1 saturated heterocycles. The van der Waals surface area contributed by atoms with Crippen LogP contribution in [0.15, 0.2) is 25.0 Å². The largest absolute Gasteiger partial charge is 0.392 e. The molecule has 7 nitrogen and oxygen atoms in total. The molecule has 0 radical (unpaired) electrons. The molecular weight excluding hydrogens is 292 g/mol. The van der Waals surface area contributed by atoms with Crippen LogP contribution in [0.2, 0.25) is 0 Å². The van der Waals surface area contributed by atoms with Gasteiger partial charge in [0.05, 0.1) is 6.10 Å². The molecule has 2 aromatic rings. The fourth-order valence-electron chi connectivity index (χ4n) is 3.00. The number of fused-ring (bicyclic) bond motifs is 1. The van der Waals surface area contributed by atoms with Crippen molar-refractivity contribution >= 4 is 11.6 Å². The number of anilines is 1. The molecule has 7 heteroatoms. The van der Waals surface area contributed by atoms with Crippen LogP contribution in [0.4, 0.5) is 5.82 Å². The van der Waals surface area contributed by atoms with Crippen LogP contribution in [0.1, 0.15) is 18.5 Å². The lowest BCUT2D eigenvalue weighted by molar-refractivity contribution is 0.103. The molecule has 0 spiro atoms. The highest BCUT2D eigenvalue weighted by Gasteiger charge is 2.21. The van der Waals surface area contributed by atoms with E-state index in [9.17, 15) is 5.11 Å². The lowest BCUT2D eigenvalue weighted by Gasteiger charge is -2.36. The number of aliphatic hydroxyl groups excluding tert-OH is 1. The first-order valence-electron chi connectivity index (χ1n) is 8.11. The Morgan fingerprint density at radius 1 is 1.35 bits per heavy atom. The minimum Gasteiger partial charge on any atom is -0.392 e. The Morgan fingerprint density at radius 2 is 2.13 bits per heavy atom. The number of β-amino-alcohol motifs (C(OH)–C–C–N with tert-alkyl or cyclic N) is 1. The lowest BCUT2D eigenvalue weighted by atomic mass is 10.1. The molecule has 1 fully saturated rings. The predicted molar refractivity (Wildman–Crippen MR) is 89.6 cm³/mol.